The molecule has 0 radical (unpaired) electrons. The average molecular weight is 170 g/mol. The molecule has 0 unspecified atom stereocenters. The van der Waals surface area contributed by atoms with Gasteiger partial charge in [-0.1, -0.05) is 0 Å². The molecule has 0 amide bonds. The van der Waals surface area contributed by atoms with Crippen LogP contribution in [0.1, 0.15) is 6.92 Å². The zero-order valence-corrected chi connectivity index (χ0v) is 5.95. The van der Waals surface area contributed by atoms with Crippen LogP contribution in [0.3, 0.4) is 0 Å². The summed E-state index contributed by atoms with van der Waals surface area (Å²) in [7, 11) is -2.87. The van der Waals surface area contributed by atoms with E-state index in [1.807, 2.05) is 0 Å². The maximum atomic E-state index is 10.2. The summed E-state index contributed by atoms with van der Waals surface area (Å²) in [5, 5.41) is 16.8. The van der Waals surface area contributed by atoms with Gasteiger partial charge in [0.05, 0.1) is 0 Å². The second kappa shape index (κ2) is 3.23. The van der Waals surface area contributed by atoms with Crippen molar-refractivity contribution in [2.24, 2.45) is 0 Å². The normalized spacial score (nSPS) is 11.8. The van der Waals surface area contributed by atoms with Gasteiger partial charge in [0.2, 0.25) is 0 Å². The predicted molar refractivity (Wildman–Crippen MR) is 30.3 cm³/mol. The lowest BCUT2D eigenvalue weighted by Gasteiger charge is -2.13. The molecule has 0 aromatic rings. The first-order valence-electron chi connectivity index (χ1n) is 2.19. The van der Waals surface area contributed by atoms with Crippen molar-refractivity contribution in [3.8, 4) is 0 Å². The molecule has 0 bridgehead atoms. The van der Waals surface area contributed by atoms with Gasteiger partial charge in [-0.2, -0.15) is 0 Å². The lowest BCUT2D eigenvalue weighted by Crippen LogP contribution is -2.35. The van der Waals surface area contributed by atoms with Crippen molar-refractivity contribution in [2.75, 3.05) is 0 Å². The Morgan fingerprint density at radius 1 is 1.50 bits per heavy atom. The molecule has 0 saturated carbocycles. The standard InChI is InChI=1S/C3H7O6P/c1-3(5,6)2(4)9-10(7)8/h5-8H,1H3. The van der Waals surface area contributed by atoms with E-state index in [1.54, 1.807) is 0 Å². The Morgan fingerprint density at radius 2 is 1.90 bits per heavy atom. The summed E-state index contributed by atoms with van der Waals surface area (Å²) in [5.41, 5.74) is 0. The van der Waals surface area contributed by atoms with Crippen LogP contribution in [0, 0.1) is 0 Å². The highest BCUT2D eigenvalue weighted by Gasteiger charge is 2.30. The van der Waals surface area contributed by atoms with Gasteiger partial charge in [0, 0.05) is 6.92 Å². The van der Waals surface area contributed by atoms with E-state index in [9.17, 15) is 4.79 Å². The van der Waals surface area contributed by atoms with Crippen molar-refractivity contribution < 1.29 is 29.3 Å². The molecule has 0 heterocycles. The molecular formula is C3H7O6P. The van der Waals surface area contributed by atoms with Crippen LogP contribution in [0.4, 0.5) is 0 Å². The Hall–Kier alpha value is -0.260. The summed E-state index contributed by atoms with van der Waals surface area (Å²) in [6.45, 7) is 0.744. The molecule has 10 heavy (non-hydrogen) atoms. The van der Waals surface area contributed by atoms with Gasteiger partial charge in [-0.05, 0) is 0 Å². The van der Waals surface area contributed by atoms with Crippen LogP contribution in [0.2, 0.25) is 0 Å². The van der Waals surface area contributed by atoms with Crippen LogP contribution in [0.15, 0.2) is 0 Å². The molecule has 0 aliphatic heterocycles. The van der Waals surface area contributed by atoms with E-state index >= 15 is 0 Å². The fourth-order valence-electron chi connectivity index (χ4n) is 0.161. The molecular weight excluding hydrogens is 163 g/mol. The van der Waals surface area contributed by atoms with Gasteiger partial charge in [0.25, 0.3) is 5.79 Å². The summed E-state index contributed by atoms with van der Waals surface area (Å²) in [6, 6.07) is 0. The Kier molecular flexibility index (Phi) is 3.14. The van der Waals surface area contributed by atoms with Crippen molar-refractivity contribution in [3.05, 3.63) is 0 Å². The minimum atomic E-state index is -2.87. The van der Waals surface area contributed by atoms with E-state index in [0.717, 1.165) is 6.92 Å². The molecule has 0 atom stereocenters. The molecule has 60 valence electrons. The largest absolute Gasteiger partial charge is 0.393 e. The third kappa shape index (κ3) is 3.71. The van der Waals surface area contributed by atoms with Gasteiger partial charge >= 0.3 is 14.6 Å². The maximum Gasteiger partial charge on any atom is 0.393 e. The van der Waals surface area contributed by atoms with Crippen molar-refractivity contribution in [3.63, 3.8) is 0 Å². The zero-order chi connectivity index (χ0) is 8.36. The Morgan fingerprint density at radius 3 is 2.00 bits per heavy atom. The quantitative estimate of drug-likeness (QED) is 0.295. The summed E-state index contributed by atoms with van der Waals surface area (Å²) < 4.78 is 3.65. The Bertz CT molecular complexity index is 125. The summed E-state index contributed by atoms with van der Waals surface area (Å²) in [5.74, 6) is -4.17. The topological polar surface area (TPSA) is 107 Å². The number of hydrogen-bond donors (Lipinski definition) is 4. The van der Waals surface area contributed by atoms with E-state index < -0.39 is 20.4 Å². The number of carbonyl (C=O) groups excluding carboxylic acids is 1. The Labute approximate surface area is 57.7 Å². The molecule has 0 fully saturated rings. The molecule has 0 aliphatic rings. The fourth-order valence-corrected chi connectivity index (χ4v) is 0.482. The van der Waals surface area contributed by atoms with Crippen molar-refractivity contribution in [2.45, 2.75) is 12.7 Å². The molecule has 0 aromatic heterocycles. The highest BCUT2D eigenvalue weighted by molar-refractivity contribution is 7.40. The molecule has 0 aromatic carbocycles. The minimum absolute atomic E-state index is 0.744. The highest BCUT2D eigenvalue weighted by Crippen LogP contribution is 2.26. The predicted octanol–water partition coefficient (Wildman–Crippen LogP) is -1.56. The third-order valence-electron chi connectivity index (χ3n) is 0.551. The monoisotopic (exact) mass is 170 g/mol. The van der Waals surface area contributed by atoms with E-state index in [-0.39, 0.29) is 0 Å². The first kappa shape index (κ1) is 9.74. The number of hydrogen-bond acceptors (Lipinski definition) is 6. The van der Waals surface area contributed by atoms with Crippen LogP contribution in [-0.4, -0.2) is 31.8 Å². The van der Waals surface area contributed by atoms with Gasteiger partial charge < -0.3 is 24.5 Å². The molecule has 4 N–H and O–H groups in total. The maximum absolute atomic E-state index is 10.2. The van der Waals surface area contributed by atoms with E-state index in [0.29, 0.717) is 0 Å². The number of aliphatic hydroxyl groups is 2. The molecule has 0 saturated heterocycles. The molecule has 6 nitrogen and oxygen atoms in total. The second-order valence-corrected chi connectivity index (χ2v) is 2.34. The lowest BCUT2D eigenvalue weighted by molar-refractivity contribution is -0.194. The van der Waals surface area contributed by atoms with Crippen LogP contribution >= 0.6 is 8.60 Å². The van der Waals surface area contributed by atoms with Gasteiger partial charge in [-0.3, -0.25) is 0 Å². The van der Waals surface area contributed by atoms with Crippen molar-refractivity contribution in [1.29, 1.82) is 0 Å². The first-order valence-corrected chi connectivity index (χ1v) is 3.35. The fraction of sp³-hybridized carbons (Fsp3) is 0.667. The van der Waals surface area contributed by atoms with E-state index in [2.05, 4.69) is 4.52 Å². The van der Waals surface area contributed by atoms with Gasteiger partial charge in [0.15, 0.2) is 0 Å². The molecule has 7 heteroatoms. The first-order chi connectivity index (χ1) is 4.34. The average Bonchev–Trinajstić information content (AvgIpc) is 1.60. The van der Waals surface area contributed by atoms with Crippen molar-refractivity contribution >= 4 is 14.6 Å². The van der Waals surface area contributed by atoms with Gasteiger partial charge in [-0.25, -0.2) is 4.79 Å². The molecule has 0 rings (SSSR count). The highest BCUT2D eigenvalue weighted by atomic mass is 31.2. The molecule has 0 spiro atoms. The third-order valence-corrected chi connectivity index (χ3v) is 0.880. The van der Waals surface area contributed by atoms with E-state index in [1.165, 1.54) is 0 Å². The second-order valence-electron chi connectivity index (χ2n) is 1.65. The SMILES string of the molecule is CC(O)(O)C(=O)OP(O)O. The number of carbonyl (C=O) groups is 1. The summed E-state index contributed by atoms with van der Waals surface area (Å²) in [4.78, 5) is 26.3. The van der Waals surface area contributed by atoms with Crippen LogP contribution < -0.4 is 0 Å². The van der Waals surface area contributed by atoms with Crippen LogP contribution in [0.25, 0.3) is 0 Å². The van der Waals surface area contributed by atoms with E-state index in [4.69, 9.17) is 20.0 Å². The van der Waals surface area contributed by atoms with Gasteiger partial charge in [-0.15, -0.1) is 0 Å². The minimum Gasteiger partial charge on any atom is -0.390 e. The van der Waals surface area contributed by atoms with Crippen LogP contribution in [-0.2, 0) is 9.32 Å². The van der Waals surface area contributed by atoms with Crippen molar-refractivity contribution in [1.82, 2.24) is 0 Å². The zero-order valence-electron chi connectivity index (χ0n) is 5.05. The number of rotatable bonds is 2. The summed E-state index contributed by atoms with van der Waals surface area (Å²) in [6.07, 6.45) is 0. The smallest absolute Gasteiger partial charge is 0.390 e. The van der Waals surface area contributed by atoms with Gasteiger partial charge in [0.1, 0.15) is 0 Å². The molecule has 0 aliphatic carbocycles. The summed E-state index contributed by atoms with van der Waals surface area (Å²) >= 11 is 0. The Balaban J connectivity index is 3.87. The van der Waals surface area contributed by atoms with Crippen LogP contribution in [0.5, 0.6) is 0 Å². The lowest BCUT2D eigenvalue weighted by atomic mass is 10.3.